The number of rotatable bonds is 5. The van der Waals surface area contributed by atoms with Crippen molar-refractivity contribution in [1.82, 2.24) is 4.98 Å². The summed E-state index contributed by atoms with van der Waals surface area (Å²) in [6.45, 7) is 7.16. The molecule has 0 saturated heterocycles. The highest BCUT2D eigenvalue weighted by Crippen LogP contribution is 2.36. The number of anilines is 1. The van der Waals surface area contributed by atoms with Gasteiger partial charge < -0.3 is 15.2 Å². The maximum absolute atomic E-state index is 5.69. The Morgan fingerprint density at radius 3 is 2.25 bits per heavy atom. The minimum absolute atomic E-state index is 0. The van der Waals surface area contributed by atoms with Crippen LogP contribution in [0.3, 0.4) is 0 Å². The van der Waals surface area contributed by atoms with Crippen molar-refractivity contribution in [2.24, 2.45) is 0 Å². The third-order valence-electron chi connectivity index (χ3n) is 2.69. The molecule has 2 rings (SSSR count). The van der Waals surface area contributed by atoms with Crippen LogP contribution in [0, 0.1) is 6.92 Å². The Labute approximate surface area is 133 Å². The fourth-order valence-corrected chi connectivity index (χ4v) is 2.45. The average Bonchev–Trinajstić information content (AvgIpc) is 2.79. The first-order chi connectivity index (χ1) is 9.15. The van der Waals surface area contributed by atoms with E-state index < -0.39 is 0 Å². The third kappa shape index (κ3) is 3.64. The molecule has 4 nitrogen and oxygen atoms in total. The summed E-state index contributed by atoms with van der Waals surface area (Å²) >= 11 is 1.44. The average molecular weight is 359 g/mol. The molecule has 0 atom stereocenters. The van der Waals surface area contributed by atoms with Crippen molar-refractivity contribution in [3.8, 4) is 22.8 Å². The number of nitrogens with two attached hydrogens (primary N) is 1. The maximum Gasteiger partial charge on any atom is 0.180 e. The molecule has 0 aliphatic rings. The molecule has 0 radical (unpaired) electrons. The van der Waals surface area contributed by atoms with Gasteiger partial charge in [-0.2, -0.15) is 0 Å². The van der Waals surface area contributed by atoms with E-state index in [-0.39, 0.29) is 17.0 Å². The first-order valence-corrected chi connectivity index (χ1v) is 7.15. The number of thiazole rings is 1. The van der Waals surface area contributed by atoms with Gasteiger partial charge in [0.1, 0.15) is 0 Å². The van der Waals surface area contributed by atoms with Gasteiger partial charge in [0, 0.05) is 10.9 Å². The molecule has 0 unspecified atom stereocenters. The zero-order valence-electron chi connectivity index (χ0n) is 11.8. The number of benzene rings is 1. The molecule has 1 heterocycles. The van der Waals surface area contributed by atoms with Crippen LogP contribution in [0.4, 0.5) is 5.13 Å². The summed E-state index contributed by atoms with van der Waals surface area (Å²) in [4.78, 5) is 4.32. The van der Waals surface area contributed by atoms with Crippen molar-refractivity contribution in [3.63, 3.8) is 0 Å². The number of ether oxygens (including phenoxy) is 2. The molecule has 0 saturated carbocycles. The van der Waals surface area contributed by atoms with E-state index >= 15 is 0 Å². The predicted octanol–water partition coefficient (Wildman–Crippen LogP) is 4.08. The summed E-state index contributed by atoms with van der Waals surface area (Å²) < 4.78 is 11.2. The van der Waals surface area contributed by atoms with E-state index in [0.29, 0.717) is 18.3 Å². The Morgan fingerprint density at radius 2 is 1.75 bits per heavy atom. The van der Waals surface area contributed by atoms with Crippen molar-refractivity contribution in [1.29, 1.82) is 0 Å². The van der Waals surface area contributed by atoms with E-state index in [9.17, 15) is 0 Å². The molecule has 2 aromatic rings. The highest BCUT2D eigenvalue weighted by atomic mass is 79.9. The lowest BCUT2D eigenvalue weighted by Gasteiger charge is -2.14. The van der Waals surface area contributed by atoms with Crippen LogP contribution in [0.1, 0.15) is 19.4 Å². The van der Waals surface area contributed by atoms with Crippen LogP contribution in [-0.2, 0) is 0 Å². The number of halogens is 1. The summed E-state index contributed by atoms with van der Waals surface area (Å²) in [5.74, 6) is 1.52. The lowest BCUT2D eigenvalue weighted by Crippen LogP contribution is -2.00. The summed E-state index contributed by atoms with van der Waals surface area (Å²) in [6, 6.07) is 3.96. The predicted molar refractivity (Wildman–Crippen MR) is 89.4 cm³/mol. The molecule has 0 aliphatic carbocycles. The molecule has 0 fully saturated rings. The topological polar surface area (TPSA) is 57.4 Å². The Bertz CT molecular complexity index is 572. The van der Waals surface area contributed by atoms with Gasteiger partial charge in [0.2, 0.25) is 0 Å². The monoisotopic (exact) mass is 358 g/mol. The molecular weight excluding hydrogens is 340 g/mol. The van der Waals surface area contributed by atoms with Crippen LogP contribution in [0.5, 0.6) is 11.5 Å². The Kier molecular flexibility index (Phi) is 6.29. The first-order valence-electron chi connectivity index (χ1n) is 6.27. The number of nitrogen functional groups attached to an aromatic ring is 1. The number of aromatic nitrogens is 1. The molecule has 0 aliphatic heterocycles. The lowest BCUT2D eigenvalue weighted by atomic mass is 10.1. The van der Waals surface area contributed by atoms with Crippen LogP contribution in [0.15, 0.2) is 17.5 Å². The zero-order valence-corrected chi connectivity index (χ0v) is 14.3. The molecule has 20 heavy (non-hydrogen) atoms. The normalized spacial score (nSPS) is 9.95. The maximum atomic E-state index is 5.69. The van der Waals surface area contributed by atoms with Crippen LogP contribution < -0.4 is 15.2 Å². The number of aryl methyl sites for hydroxylation is 1. The van der Waals surface area contributed by atoms with Crippen molar-refractivity contribution in [2.75, 3.05) is 18.9 Å². The molecule has 1 aromatic heterocycles. The summed E-state index contributed by atoms with van der Waals surface area (Å²) in [5, 5.41) is 2.52. The minimum atomic E-state index is 0. The SMILES string of the molecule is Br.CCOc1cc(C)c(-c2csc(N)n2)cc1OCC. The van der Waals surface area contributed by atoms with Crippen molar-refractivity contribution in [3.05, 3.63) is 23.1 Å². The zero-order chi connectivity index (χ0) is 13.8. The first kappa shape index (κ1) is 16.8. The summed E-state index contributed by atoms with van der Waals surface area (Å²) in [7, 11) is 0. The van der Waals surface area contributed by atoms with Crippen LogP contribution >= 0.6 is 28.3 Å². The second-order valence-electron chi connectivity index (χ2n) is 4.05. The molecule has 0 amide bonds. The fraction of sp³-hybridized carbons (Fsp3) is 0.357. The van der Waals surface area contributed by atoms with Gasteiger partial charge in [-0.05, 0) is 38.5 Å². The van der Waals surface area contributed by atoms with Gasteiger partial charge in [0.05, 0.1) is 18.9 Å². The smallest absolute Gasteiger partial charge is 0.180 e. The van der Waals surface area contributed by atoms with E-state index in [1.807, 2.05) is 38.3 Å². The standard InChI is InChI=1S/C14H18N2O2S.BrH/c1-4-17-12-6-9(3)10(7-13(12)18-5-2)11-8-19-14(15)16-11;/h6-8H,4-5H2,1-3H3,(H2,15,16);1H. The van der Waals surface area contributed by atoms with E-state index in [0.717, 1.165) is 28.3 Å². The molecule has 0 bridgehead atoms. The third-order valence-corrected chi connectivity index (χ3v) is 3.36. The van der Waals surface area contributed by atoms with Crippen LogP contribution in [-0.4, -0.2) is 18.2 Å². The summed E-state index contributed by atoms with van der Waals surface area (Å²) in [6.07, 6.45) is 0. The second-order valence-corrected chi connectivity index (χ2v) is 4.94. The van der Waals surface area contributed by atoms with Gasteiger partial charge in [-0.15, -0.1) is 28.3 Å². The van der Waals surface area contributed by atoms with Gasteiger partial charge in [0.15, 0.2) is 16.6 Å². The Morgan fingerprint density at radius 1 is 1.15 bits per heavy atom. The molecule has 0 spiro atoms. The van der Waals surface area contributed by atoms with Gasteiger partial charge in [0.25, 0.3) is 0 Å². The van der Waals surface area contributed by atoms with Crippen molar-refractivity contribution in [2.45, 2.75) is 20.8 Å². The van der Waals surface area contributed by atoms with Gasteiger partial charge in [-0.3, -0.25) is 0 Å². The van der Waals surface area contributed by atoms with Gasteiger partial charge in [-0.25, -0.2) is 4.98 Å². The lowest BCUT2D eigenvalue weighted by molar-refractivity contribution is 0.287. The molecule has 6 heteroatoms. The quantitative estimate of drug-likeness (QED) is 0.874. The Balaban J connectivity index is 0.00000200. The van der Waals surface area contributed by atoms with E-state index in [1.54, 1.807) is 0 Å². The van der Waals surface area contributed by atoms with Gasteiger partial charge >= 0.3 is 0 Å². The Hall–Kier alpha value is -1.27. The van der Waals surface area contributed by atoms with E-state index in [1.165, 1.54) is 11.3 Å². The minimum Gasteiger partial charge on any atom is -0.490 e. The molecular formula is C14H19BrN2O2S. The van der Waals surface area contributed by atoms with E-state index in [4.69, 9.17) is 15.2 Å². The van der Waals surface area contributed by atoms with Crippen molar-refractivity contribution >= 4 is 33.4 Å². The highest BCUT2D eigenvalue weighted by molar-refractivity contribution is 8.93. The molecule has 1 aromatic carbocycles. The van der Waals surface area contributed by atoms with E-state index in [2.05, 4.69) is 4.98 Å². The number of nitrogens with zero attached hydrogens (tertiary/aromatic N) is 1. The summed E-state index contributed by atoms with van der Waals surface area (Å²) in [5.41, 5.74) is 8.69. The molecule has 2 N–H and O–H groups in total. The molecule has 110 valence electrons. The van der Waals surface area contributed by atoms with Crippen LogP contribution in [0.2, 0.25) is 0 Å². The van der Waals surface area contributed by atoms with Crippen molar-refractivity contribution < 1.29 is 9.47 Å². The number of hydrogen-bond acceptors (Lipinski definition) is 5. The highest BCUT2D eigenvalue weighted by Gasteiger charge is 2.13. The van der Waals surface area contributed by atoms with Crippen LogP contribution in [0.25, 0.3) is 11.3 Å². The van der Waals surface area contributed by atoms with Gasteiger partial charge in [-0.1, -0.05) is 0 Å². The number of hydrogen-bond donors (Lipinski definition) is 1. The largest absolute Gasteiger partial charge is 0.490 e. The fourth-order valence-electron chi connectivity index (χ4n) is 1.89. The second kappa shape index (κ2) is 7.50.